The van der Waals surface area contributed by atoms with E-state index in [4.69, 9.17) is 0 Å². The highest BCUT2D eigenvalue weighted by Crippen LogP contribution is 2.65. The minimum absolute atomic E-state index is 0.116. The Morgan fingerprint density at radius 2 is 1.69 bits per heavy atom. The lowest BCUT2D eigenvalue weighted by Crippen LogP contribution is -2.46. The molecule has 1 N–H and O–H groups in total. The van der Waals surface area contributed by atoms with E-state index in [1.165, 1.54) is 37.7 Å². The van der Waals surface area contributed by atoms with Gasteiger partial charge in [0.25, 0.3) is 0 Å². The number of aliphatic hydroxyl groups excluding tert-OH is 1. The van der Waals surface area contributed by atoms with Crippen LogP contribution in [0.5, 0.6) is 0 Å². The highest BCUT2D eigenvalue weighted by molar-refractivity contribution is 5.39. The van der Waals surface area contributed by atoms with Crippen molar-refractivity contribution in [1.82, 2.24) is 0 Å². The molecular weight excluding hydrogens is 352 g/mol. The summed E-state index contributed by atoms with van der Waals surface area (Å²) in [6.45, 7) is 14.6. The van der Waals surface area contributed by atoms with Gasteiger partial charge in [-0.3, -0.25) is 0 Å². The third-order valence-corrected chi connectivity index (χ3v) is 10.0. The maximum absolute atomic E-state index is 10.2. The zero-order chi connectivity index (χ0) is 21.0. The SMILES string of the molecule is CC(C)[C@@H](C)/C=C/[C@@H](C)[C@H]1CC[C@@H]2C3=CC=C4C[C@@H](O)CC[C@@]4(C)[C@@H]3CC[C@@]21C. The third kappa shape index (κ3) is 3.50. The fraction of sp³-hybridized carbons (Fsp3) is 0.786. The summed E-state index contributed by atoms with van der Waals surface area (Å²) in [5, 5.41) is 10.2. The first-order chi connectivity index (χ1) is 13.7. The summed E-state index contributed by atoms with van der Waals surface area (Å²) < 4.78 is 0. The van der Waals surface area contributed by atoms with Gasteiger partial charge in [0.1, 0.15) is 0 Å². The molecule has 0 aromatic rings. The van der Waals surface area contributed by atoms with Crippen LogP contribution in [-0.4, -0.2) is 11.2 Å². The monoisotopic (exact) mass is 396 g/mol. The predicted molar refractivity (Wildman–Crippen MR) is 123 cm³/mol. The molecule has 1 heteroatoms. The molecule has 0 aliphatic heterocycles. The second-order valence-electron chi connectivity index (χ2n) is 11.9. The zero-order valence-electron chi connectivity index (χ0n) is 19.7. The van der Waals surface area contributed by atoms with Crippen LogP contribution in [0.2, 0.25) is 0 Å². The van der Waals surface area contributed by atoms with Crippen LogP contribution in [0.25, 0.3) is 0 Å². The van der Waals surface area contributed by atoms with Crippen LogP contribution in [0.3, 0.4) is 0 Å². The summed E-state index contributed by atoms with van der Waals surface area (Å²) in [7, 11) is 0. The molecule has 0 unspecified atom stereocenters. The standard InChI is InChI=1S/C28H44O/c1-18(2)19(3)7-8-20(4)24-11-12-25-23-10-9-21-17-22(29)13-15-27(21,5)26(23)14-16-28(24,25)6/h7-10,18-20,22,24-26,29H,11-17H2,1-6H3/b8-7+/t19-,20+,22-,24+,25+,26+,27+,28+/m0/s1. The molecule has 162 valence electrons. The summed E-state index contributed by atoms with van der Waals surface area (Å²) in [5.41, 5.74) is 4.07. The van der Waals surface area contributed by atoms with E-state index in [1.807, 2.05) is 0 Å². The van der Waals surface area contributed by atoms with E-state index in [2.05, 4.69) is 65.8 Å². The quantitative estimate of drug-likeness (QED) is 0.493. The third-order valence-electron chi connectivity index (χ3n) is 10.0. The Bertz CT molecular complexity index is 712. The topological polar surface area (TPSA) is 20.2 Å². The van der Waals surface area contributed by atoms with Gasteiger partial charge in [-0.1, -0.05) is 77.0 Å². The molecule has 3 fully saturated rings. The van der Waals surface area contributed by atoms with Crippen LogP contribution in [0.4, 0.5) is 0 Å². The molecule has 4 rings (SSSR count). The molecule has 0 heterocycles. The van der Waals surface area contributed by atoms with Crippen molar-refractivity contribution in [3.05, 3.63) is 35.5 Å². The second kappa shape index (κ2) is 7.70. The molecule has 0 amide bonds. The molecule has 1 nitrogen and oxygen atoms in total. The largest absolute Gasteiger partial charge is 0.393 e. The zero-order valence-corrected chi connectivity index (χ0v) is 19.7. The van der Waals surface area contributed by atoms with Crippen molar-refractivity contribution >= 4 is 0 Å². The van der Waals surface area contributed by atoms with Gasteiger partial charge in [-0.2, -0.15) is 0 Å². The van der Waals surface area contributed by atoms with Crippen molar-refractivity contribution in [2.75, 3.05) is 0 Å². The van der Waals surface area contributed by atoms with Gasteiger partial charge in [0.2, 0.25) is 0 Å². The molecule has 8 atom stereocenters. The first kappa shape index (κ1) is 21.4. The van der Waals surface area contributed by atoms with Crippen LogP contribution in [0, 0.1) is 46.3 Å². The van der Waals surface area contributed by atoms with Crippen LogP contribution < -0.4 is 0 Å². The Morgan fingerprint density at radius 3 is 2.41 bits per heavy atom. The van der Waals surface area contributed by atoms with Gasteiger partial charge in [0.15, 0.2) is 0 Å². The van der Waals surface area contributed by atoms with Gasteiger partial charge in [-0.25, -0.2) is 0 Å². The summed E-state index contributed by atoms with van der Waals surface area (Å²) in [6, 6.07) is 0. The van der Waals surface area contributed by atoms with E-state index in [9.17, 15) is 5.11 Å². The lowest BCUT2D eigenvalue weighted by Gasteiger charge is -2.55. The smallest absolute Gasteiger partial charge is 0.0578 e. The first-order valence-corrected chi connectivity index (χ1v) is 12.4. The number of allylic oxidation sites excluding steroid dienone is 5. The van der Waals surface area contributed by atoms with E-state index < -0.39 is 0 Å². The maximum atomic E-state index is 10.2. The second-order valence-corrected chi connectivity index (χ2v) is 11.9. The fourth-order valence-corrected chi connectivity index (χ4v) is 7.59. The molecule has 3 saturated carbocycles. The summed E-state index contributed by atoms with van der Waals surface area (Å²) >= 11 is 0. The van der Waals surface area contributed by atoms with Crippen molar-refractivity contribution in [2.45, 2.75) is 92.6 Å². The first-order valence-electron chi connectivity index (χ1n) is 12.4. The molecule has 4 aliphatic carbocycles. The summed E-state index contributed by atoms with van der Waals surface area (Å²) in [6.07, 6.45) is 18.4. The average Bonchev–Trinajstić information content (AvgIpc) is 3.03. The average molecular weight is 397 g/mol. The van der Waals surface area contributed by atoms with Crippen molar-refractivity contribution in [1.29, 1.82) is 0 Å². The van der Waals surface area contributed by atoms with Crippen LogP contribution >= 0.6 is 0 Å². The fourth-order valence-electron chi connectivity index (χ4n) is 7.59. The lowest BCUT2D eigenvalue weighted by atomic mass is 9.50. The van der Waals surface area contributed by atoms with Gasteiger partial charge >= 0.3 is 0 Å². The van der Waals surface area contributed by atoms with Gasteiger partial charge in [-0.15, -0.1) is 0 Å². The summed E-state index contributed by atoms with van der Waals surface area (Å²) in [4.78, 5) is 0. The number of hydrogen-bond acceptors (Lipinski definition) is 1. The molecular formula is C28H44O. The molecule has 29 heavy (non-hydrogen) atoms. The minimum atomic E-state index is -0.116. The Kier molecular flexibility index (Phi) is 5.69. The normalized spacial score (nSPS) is 44.0. The molecule has 0 radical (unpaired) electrons. The van der Waals surface area contributed by atoms with Crippen LogP contribution in [-0.2, 0) is 0 Å². The van der Waals surface area contributed by atoms with Gasteiger partial charge in [0.05, 0.1) is 6.10 Å². The number of hydrogen-bond donors (Lipinski definition) is 1. The molecule has 0 saturated heterocycles. The number of rotatable bonds is 4. The molecule has 0 aromatic carbocycles. The Hall–Kier alpha value is -0.820. The van der Waals surface area contributed by atoms with Crippen molar-refractivity contribution < 1.29 is 5.11 Å². The Morgan fingerprint density at radius 1 is 0.931 bits per heavy atom. The number of fused-ring (bicyclic) bond motifs is 5. The lowest BCUT2D eigenvalue weighted by molar-refractivity contribution is 0.0382. The van der Waals surface area contributed by atoms with Crippen LogP contribution in [0.15, 0.2) is 35.5 Å². The molecule has 4 aliphatic rings. The van der Waals surface area contributed by atoms with E-state index in [1.54, 1.807) is 5.57 Å². The van der Waals surface area contributed by atoms with Gasteiger partial charge in [-0.05, 0) is 91.3 Å². The van der Waals surface area contributed by atoms with E-state index in [-0.39, 0.29) is 6.10 Å². The van der Waals surface area contributed by atoms with Crippen molar-refractivity contribution in [3.8, 4) is 0 Å². The van der Waals surface area contributed by atoms with Crippen molar-refractivity contribution in [3.63, 3.8) is 0 Å². The molecule has 0 bridgehead atoms. The van der Waals surface area contributed by atoms with Gasteiger partial charge < -0.3 is 5.11 Å². The predicted octanol–water partition coefficient (Wildman–Crippen LogP) is 7.33. The molecule has 0 spiro atoms. The van der Waals surface area contributed by atoms with E-state index >= 15 is 0 Å². The highest BCUT2D eigenvalue weighted by atomic mass is 16.3. The highest BCUT2D eigenvalue weighted by Gasteiger charge is 2.56. The van der Waals surface area contributed by atoms with Crippen molar-refractivity contribution in [2.24, 2.45) is 46.3 Å². The Balaban J connectivity index is 1.57. The van der Waals surface area contributed by atoms with Crippen LogP contribution in [0.1, 0.15) is 86.5 Å². The minimum Gasteiger partial charge on any atom is -0.393 e. The Labute approximate surface area is 179 Å². The maximum Gasteiger partial charge on any atom is 0.0578 e. The summed E-state index contributed by atoms with van der Waals surface area (Å²) in [5.74, 6) is 4.38. The number of aliphatic hydroxyl groups is 1. The van der Waals surface area contributed by atoms with E-state index in [0.29, 0.717) is 22.7 Å². The van der Waals surface area contributed by atoms with Gasteiger partial charge in [0, 0.05) is 0 Å². The molecule has 0 aromatic heterocycles. The van der Waals surface area contributed by atoms with E-state index in [0.717, 1.165) is 36.5 Å².